The van der Waals surface area contributed by atoms with Crippen molar-refractivity contribution < 1.29 is 18.7 Å². The highest BCUT2D eigenvalue weighted by Crippen LogP contribution is 2.35. The topological polar surface area (TPSA) is 73.3 Å². The Kier molecular flexibility index (Phi) is 6.24. The number of halogens is 1. The minimum absolute atomic E-state index is 0.123. The number of nitrogens with one attached hydrogen (secondary N) is 1. The predicted molar refractivity (Wildman–Crippen MR) is 120 cm³/mol. The van der Waals surface area contributed by atoms with Crippen molar-refractivity contribution in [3.05, 3.63) is 64.7 Å². The molecule has 6 nitrogen and oxygen atoms in total. The van der Waals surface area contributed by atoms with Gasteiger partial charge >= 0.3 is 0 Å². The fourth-order valence-electron chi connectivity index (χ4n) is 2.91. The van der Waals surface area contributed by atoms with Crippen molar-refractivity contribution in [2.75, 3.05) is 19.5 Å². The lowest BCUT2D eigenvalue weighted by molar-refractivity contribution is -0.115. The molecule has 0 atom stereocenters. The Bertz CT molecular complexity index is 1200. The lowest BCUT2D eigenvalue weighted by Crippen LogP contribution is -2.14. The molecule has 4 rings (SSSR count). The number of amides is 1. The highest BCUT2D eigenvalue weighted by atomic mass is 32.1. The summed E-state index contributed by atoms with van der Waals surface area (Å²) in [7, 11) is 3.18. The second-order valence-corrected chi connectivity index (χ2v) is 8.20. The number of hydrogen-bond acceptors (Lipinski definition) is 7. The molecule has 0 fully saturated rings. The molecule has 9 heteroatoms. The van der Waals surface area contributed by atoms with Gasteiger partial charge in [-0.1, -0.05) is 0 Å². The molecule has 2 heterocycles. The maximum atomic E-state index is 13.1. The molecule has 0 radical (unpaired) electrons. The Hall–Kier alpha value is -3.30. The predicted octanol–water partition coefficient (Wildman–Crippen LogP) is 5.27. The van der Waals surface area contributed by atoms with Crippen LogP contribution >= 0.6 is 22.7 Å². The number of ether oxygens (including phenoxy) is 2. The van der Waals surface area contributed by atoms with Crippen LogP contribution in [0.2, 0.25) is 0 Å². The zero-order chi connectivity index (χ0) is 21.8. The van der Waals surface area contributed by atoms with Crippen LogP contribution in [0.1, 0.15) is 5.69 Å². The van der Waals surface area contributed by atoms with E-state index in [2.05, 4.69) is 15.3 Å². The average Bonchev–Trinajstić information content (AvgIpc) is 3.43. The maximum Gasteiger partial charge on any atom is 0.232 e. The normalized spacial score (nSPS) is 10.7. The van der Waals surface area contributed by atoms with Crippen LogP contribution in [-0.2, 0) is 11.2 Å². The average molecular weight is 456 g/mol. The molecule has 0 aliphatic heterocycles. The first-order valence-corrected chi connectivity index (χ1v) is 11.0. The van der Waals surface area contributed by atoms with E-state index in [0.717, 1.165) is 16.1 Å². The Balaban J connectivity index is 1.42. The van der Waals surface area contributed by atoms with Gasteiger partial charge in [0, 0.05) is 28.0 Å². The number of carbonyl (C=O) groups excluding carboxylic acids is 1. The summed E-state index contributed by atoms with van der Waals surface area (Å²) in [4.78, 5) is 21.4. The summed E-state index contributed by atoms with van der Waals surface area (Å²) in [6.07, 6.45) is 0.123. The molecule has 2 aromatic heterocycles. The number of benzene rings is 2. The number of rotatable bonds is 7. The quantitative estimate of drug-likeness (QED) is 0.411. The fourth-order valence-corrected chi connectivity index (χ4v) is 4.46. The van der Waals surface area contributed by atoms with E-state index < -0.39 is 0 Å². The minimum atomic E-state index is -0.296. The van der Waals surface area contributed by atoms with E-state index in [0.29, 0.717) is 28.0 Å². The fraction of sp³-hybridized carbons (Fsp3) is 0.136. The Morgan fingerprint density at radius 3 is 2.58 bits per heavy atom. The van der Waals surface area contributed by atoms with Gasteiger partial charge in [0.2, 0.25) is 5.91 Å². The van der Waals surface area contributed by atoms with Crippen LogP contribution in [-0.4, -0.2) is 30.1 Å². The van der Waals surface area contributed by atoms with Gasteiger partial charge in [0.05, 0.1) is 32.0 Å². The van der Waals surface area contributed by atoms with Crippen molar-refractivity contribution in [2.24, 2.45) is 0 Å². The molecule has 1 N–H and O–H groups in total. The molecule has 0 aliphatic rings. The summed E-state index contributed by atoms with van der Waals surface area (Å²) in [5, 5.41) is 7.73. The molecular weight excluding hydrogens is 437 g/mol. The molecule has 1 amide bonds. The van der Waals surface area contributed by atoms with Crippen LogP contribution < -0.4 is 14.8 Å². The molecule has 0 aliphatic carbocycles. The monoisotopic (exact) mass is 455 g/mol. The first-order chi connectivity index (χ1) is 15.1. The van der Waals surface area contributed by atoms with Gasteiger partial charge in [-0.05, 0) is 36.4 Å². The molecule has 0 spiro atoms. The molecule has 158 valence electrons. The first kappa shape index (κ1) is 21.0. The molecule has 0 unspecified atom stereocenters. The molecule has 2 aromatic carbocycles. The van der Waals surface area contributed by atoms with Crippen LogP contribution in [0.3, 0.4) is 0 Å². The lowest BCUT2D eigenvalue weighted by Gasteiger charge is -2.08. The summed E-state index contributed by atoms with van der Waals surface area (Å²) >= 11 is 2.75. The second-order valence-electron chi connectivity index (χ2n) is 6.48. The molecule has 0 bridgehead atoms. The summed E-state index contributed by atoms with van der Waals surface area (Å²) in [5.41, 5.74) is 2.97. The van der Waals surface area contributed by atoms with Crippen molar-refractivity contribution in [3.63, 3.8) is 0 Å². The molecule has 4 aromatic rings. The number of hydrogen-bond donors (Lipinski definition) is 1. The van der Waals surface area contributed by atoms with Crippen LogP contribution in [0.25, 0.3) is 21.8 Å². The Morgan fingerprint density at radius 1 is 1.03 bits per heavy atom. The van der Waals surface area contributed by atoms with Gasteiger partial charge in [0.15, 0.2) is 5.13 Å². The van der Waals surface area contributed by atoms with Crippen LogP contribution in [0.5, 0.6) is 11.5 Å². The Labute approximate surface area is 186 Å². The SMILES string of the molecule is COc1ccc(-c2csc(NC(=O)Cc3csc(-c4ccc(F)cc4)n3)n2)c(OC)c1. The third-order valence-electron chi connectivity index (χ3n) is 4.42. The number of thiazole rings is 2. The largest absolute Gasteiger partial charge is 0.497 e. The van der Waals surface area contributed by atoms with Gasteiger partial charge in [0.25, 0.3) is 0 Å². The minimum Gasteiger partial charge on any atom is -0.497 e. The Morgan fingerprint density at radius 2 is 1.84 bits per heavy atom. The van der Waals surface area contributed by atoms with E-state index in [-0.39, 0.29) is 18.1 Å². The van der Waals surface area contributed by atoms with Gasteiger partial charge in [-0.3, -0.25) is 4.79 Å². The van der Waals surface area contributed by atoms with Gasteiger partial charge in [-0.2, -0.15) is 0 Å². The number of anilines is 1. The van der Waals surface area contributed by atoms with E-state index in [9.17, 15) is 9.18 Å². The zero-order valence-electron chi connectivity index (χ0n) is 16.7. The number of nitrogens with zero attached hydrogens (tertiary/aromatic N) is 2. The van der Waals surface area contributed by atoms with Crippen LogP contribution in [0, 0.1) is 5.82 Å². The van der Waals surface area contributed by atoms with E-state index >= 15 is 0 Å². The van der Waals surface area contributed by atoms with E-state index in [1.165, 1.54) is 34.8 Å². The van der Waals surface area contributed by atoms with Crippen molar-refractivity contribution in [1.82, 2.24) is 9.97 Å². The maximum absolute atomic E-state index is 13.1. The van der Waals surface area contributed by atoms with Crippen LogP contribution in [0.4, 0.5) is 9.52 Å². The molecule has 31 heavy (non-hydrogen) atoms. The van der Waals surface area contributed by atoms with Crippen LogP contribution in [0.15, 0.2) is 53.2 Å². The number of carbonyl (C=O) groups is 1. The van der Waals surface area contributed by atoms with Gasteiger partial charge in [-0.15, -0.1) is 22.7 Å². The van der Waals surface area contributed by atoms with Crippen molar-refractivity contribution in [2.45, 2.75) is 6.42 Å². The summed E-state index contributed by atoms with van der Waals surface area (Å²) in [6.45, 7) is 0. The summed E-state index contributed by atoms with van der Waals surface area (Å²) in [6, 6.07) is 11.6. The first-order valence-electron chi connectivity index (χ1n) is 9.24. The summed E-state index contributed by atoms with van der Waals surface area (Å²) < 4.78 is 23.7. The van der Waals surface area contributed by atoms with Crippen molar-refractivity contribution >= 4 is 33.7 Å². The van der Waals surface area contributed by atoms with Gasteiger partial charge in [-0.25, -0.2) is 14.4 Å². The molecule has 0 saturated heterocycles. The highest BCUT2D eigenvalue weighted by molar-refractivity contribution is 7.14. The third-order valence-corrected chi connectivity index (χ3v) is 6.12. The van der Waals surface area contributed by atoms with Crippen molar-refractivity contribution in [1.29, 1.82) is 0 Å². The van der Waals surface area contributed by atoms with E-state index in [4.69, 9.17) is 9.47 Å². The van der Waals surface area contributed by atoms with E-state index in [1.54, 1.807) is 32.4 Å². The van der Waals surface area contributed by atoms with Gasteiger partial charge in [0.1, 0.15) is 22.3 Å². The smallest absolute Gasteiger partial charge is 0.232 e. The molecular formula is C22H18FN3O3S2. The number of methoxy groups -OCH3 is 2. The second kappa shape index (κ2) is 9.23. The standard InChI is InChI=1S/C22H18FN3O3S2/c1-28-16-7-8-17(19(10-16)29-2)18-12-31-22(25-18)26-20(27)9-15-11-30-21(24-15)13-3-5-14(23)6-4-13/h3-8,10-12H,9H2,1-2H3,(H,25,26,27). The number of aromatic nitrogens is 2. The zero-order valence-corrected chi connectivity index (χ0v) is 18.3. The molecule has 0 saturated carbocycles. The van der Waals surface area contributed by atoms with Crippen molar-refractivity contribution in [3.8, 4) is 33.3 Å². The van der Waals surface area contributed by atoms with E-state index in [1.807, 2.05) is 22.9 Å². The third kappa shape index (κ3) is 4.89. The lowest BCUT2D eigenvalue weighted by atomic mass is 10.1. The van der Waals surface area contributed by atoms with Gasteiger partial charge < -0.3 is 14.8 Å². The summed E-state index contributed by atoms with van der Waals surface area (Å²) in [5.74, 6) is 0.819. The highest BCUT2D eigenvalue weighted by Gasteiger charge is 2.14.